The Hall–Kier alpha value is -1.24. The molecule has 1 fully saturated rings. The molecule has 0 bridgehead atoms. The molecule has 0 aliphatic heterocycles. The number of hydrogen-bond acceptors (Lipinski definition) is 1. The van der Waals surface area contributed by atoms with Crippen LogP contribution in [0.1, 0.15) is 32.1 Å². The van der Waals surface area contributed by atoms with Gasteiger partial charge in [-0.25, -0.2) is 0 Å². The van der Waals surface area contributed by atoms with Gasteiger partial charge in [0.2, 0.25) is 0 Å². The van der Waals surface area contributed by atoms with Crippen LogP contribution >= 0.6 is 0 Å². The molecular weight excluding hydrogens is 184 g/mol. The molecule has 1 N–H and O–H groups in total. The van der Waals surface area contributed by atoms with Gasteiger partial charge in [0.05, 0.1) is 0 Å². The first kappa shape index (κ1) is 11.8. The van der Waals surface area contributed by atoms with Gasteiger partial charge in [-0.1, -0.05) is 43.5 Å². The Morgan fingerprint density at radius 2 is 1.67 bits per heavy atom. The molecule has 1 aliphatic carbocycles. The number of hydrogen-bond donors (Lipinski definition) is 1. The Bertz CT molecular complexity index is 260. The van der Waals surface area contributed by atoms with Crippen LogP contribution < -0.4 is 0 Å². The predicted molar refractivity (Wildman–Crippen MR) is 64.9 cm³/mol. The fourth-order valence-corrected chi connectivity index (χ4v) is 1.80. The van der Waals surface area contributed by atoms with Gasteiger partial charge in [0.25, 0.3) is 0 Å². The first-order chi connectivity index (χ1) is 7.33. The Morgan fingerprint density at radius 1 is 1.07 bits per heavy atom. The fraction of sp³-hybridized carbons (Fsp3) is 0.429. The minimum Gasteiger partial charge on any atom is -0.508 e. The van der Waals surface area contributed by atoms with Crippen molar-refractivity contribution in [1.29, 1.82) is 0 Å². The second kappa shape index (κ2) is 7.10. The lowest BCUT2D eigenvalue weighted by Gasteiger charge is -2.16. The third-order valence-corrected chi connectivity index (χ3v) is 2.74. The van der Waals surface area contributed by atoms with Crippen LogP contribution in [0.5, 0.6) is 5.75 Å². The average Bonchev–Trinajstić information content (AvgIpc) is 2.32. The lowest BCUT2D eigenvalue weighted by molar-refractivity contribution is 0.420. The number of allylic oxidation sites excluding steroid dienone is 1. The number of aromatic hydroxyl groups is 1. The predicted octanol–water partition coefficient (Wildman–Crippen LogP) is 4.14. The number of phenolic OH excluding ortho intramolecular Hbond substituents is 1. The van der Waals surface area contributed by atoms with E-state index in [9.17, 15) is 0 Å². The number of benzene rings is 1. The molecule has 0 spiro atoms. The Kier molecular flexibility index (Phi) is 5.60. The summed E-state index contributed by atoms with van der Waals surface area (Å²) >= 11 is 0. The zero-order chi connectivity index (χ0) is 10.9. The lowest BCUT2D eigenvalue weighted by Crippen LogP contribution is -2.01. The summed E-state index contributed by atoms with van der Waals surface area (Å²) < 4.78 is 0. The van der Waals surface area contributed by atoms with Gasteiger partial charge in [-0.2, -0.15) is 0 Å². The molecule has 1 nitrogen and oxygen atoms in total. The Morgan fingerprint density at radius 3 is 2.00 bits per heavy atom. The van der Waals surface area contributed by atoms with E-state index in [-0.39, 0.29) is 0 Å². The Labute approximate surface area is 92.5 Å². The molecule has 82 valence electrons. The molecule has 1 aromatic rings. The maximum atomic E-state index is 8.63. The quantitative estimate of drug-likeness (QED) is 0.681. The van der Waals surface area contributed by atoms with Crippen LogP contribution in [-0.2, 0) is 0 Å². The number of phenols is 1. The molecule has 1 heteroatoms. The fourth-order valence-electron chi connectivity index (χ4n) is 1.80. The highest BCUT2D eigenvalue weighted by atomic mass is 16.3. The molecule has 1 aliphatic rings. The zero-order valence-corrected chi connectivity index (χ0v) is 9.23. The molecule has 0 unspecified atom stereocenters. The summed E-state index contributed by atoms with van der Waals surface area (Å²) in [6.45, 7) is 3.78. The summed E-state index contributed by atoms with van der Waals surface area (Å²) in [6, 6.07) is 8.71. The first-order valence-electron chi connectivity index (χ1n) is 5.69. The van der Waals surface area contributed by atoms with E-state index in [1.807, 2.05) is 6.07 Å². The molecule has 2 rings (SSSR count). The van der Waals surface area contributed by atoms with E-state index in [0.29, 0.717) is 5.75 Å². The maximum absolute atomic E-state index is 8.63. The molecule has 1 aromatic carbocycles. The molecule has 0 saturated heterocycles. The monoisotopic (exact) mass is 204 g/mol. The highest BCUT2D eigenvalue weighted by Crippen LogP contribution is 2.23. The zero-order valence-electron chi connectivity index (χ0n) is 9.23. The number of rotatable bonds is 1. The van der Waals surface area contributed by atoms with Crippen LogP contribution in [0.3, 0.4) is 0 Å². The van der Waals surface area contributed by atoms with Gasteiger partial charge in [0.15, 0.2) is 0 Å². The molecule has 1 saturated carbocycles. The van der Waals surface area contributed by atoms with Gasteiger partial charge in [-0.3, -0.25) is 0 Å². The van der Waals surface area contributed by atoms with Crippen molar-refractivity contribution in [1.82, 2.24) is 0 Å². The van der Waals surface area contributed by atoms with Crippen LogP contribution in [0.2, 0.25) is 0 Å². The standard InChI is InChI=1S/C8H14.C6H6O/c1-2-8-6-4-3-5-7-8;7-6-4-2-1-3-5-6/h2,8H,1,3-7H2;1-5,7H. The summed E-state index contributed by atoms with van der Waals surface area (Å²) in [6.07, 6.45) is 9.20. The highest BCUT2D eigenvalue weighted by Gasteiger charge is 2.07. The van der Waals surface area contributed by atoms with Crippen LogP contribution in [-0.4, -0.2) is 5.11 Å². The minimum atomic E-state index is 0.322. The number of para-hydroxylation sites is 1. The van der Waals surface area contributed by atoms with E-state index >= 15 is 0 Å². The van der Waals surface area contributed by atoms with Gasteiger partial charge in [0.1, 0.15) is 5.75 Å². The van der Waals surface area contributed by atoms with Crippen molar-refractivity contribution >= 4 is 0 Å². The smallest absolute Gasteiger partial charge is 0.115 e. The van der Waals surface area contributed by atoms with E-state index < -0.39 is 0 Å². The maximum Gasteiger partial charge on any atom is 0.115 e. The summed E-state index contributed by atoms with van der Waals surface area (Å²) in [5.74, 6) is 1.17. The third kappa shape index (κ3) is 5.26. The van der Waals surface area contributed by atoms with Crippen LogP contribution in [0.25, 0.3) is 0 Å². The molecule has 0 heterocycles. The van der Waals surface area contributed by atoms with Crippen LogP contribution in [0.15, 0.2) is 43.0 Å². The van der Waals surface area contributed by atoms with E-state index in [2.05, 4.69) is 12.7 Å². The SMILES string of the molecule is C=CC1CCCCC1.Oc1ccccc1. The molecule has 0 amide bonds. The first-order valence-corrected chi connectivity index (χ1v) is 5.69. The van der Waals surface area contributed by atoms with Crippen molar-refractivity contribution in [3.8, 4) is 5.75 Å². The summed E-state index contributed by atoms with van der Waals surface area (Å²) in [5.41, 5.74) is 0. The van der Waals surface area contributed by atoms with Gasteiger partial charge in [0, 0.05) is 0 Å². The van der Waals surface area contributed by atoms with Crippen LogP contribution in [0.4, 0.5) is 0 Å². The van der Waals surface area contributed by atoms with Gasteiger partial charge in [-0.05, 0) is 30.9 Å². The molecule has 0 atom stereocenters. The van der Waals surface area contributed by atoms with E-state index in [1.54, 1.807) is 24.3 Å². The topological polar surface area (TPSA) is 20.2 Å². The normalized spacial score (nSPS) is 16.3. The summed E-state index contributed by atoms with van der Waals surface area (Å²) in [7, 11) is 0. The van der Waals surface area contributed by atoms with E-state index in [4.69, 9.17) is 5.11 Å². The van der Waals surface area contributed by atoms with Crippen molar-refractivity contribution in [3.63, 3.8) is 0 Å². The lowest BCUT2D eigenvalue weighted by atomic mass is 9.90. The van der Waals surface area contributed by atoms with Gasteiger partial charge in [-0.15, -0.1) is 6.58 Å². The molecular formula is C14H20O. The second-order valence-corrected chi connectivity index (χ2v) is 3.97. The molecule has 0 aromatic heterocycles. The Balaban J connectivity index is 0.000000151. The third-order valence-electron chi connectivity index (χ3n) is 2.74. The highest BCUT2D eigenvalue weighted by molar-refractivity contribution is 5.18. The molecule has 0 radical (unpaired) electrons. The van der Waals surface area contributed by atoms with Gasteiger partial charge >= 0.3 is 0 Å². The van der Waals surface area contributed by atoms with Crippen molar-refractivity contribution in [2.75, 3.05) is 0 Å². The minimum absolute atomic E-state index is 0.322. The van der Waals surface area contributed by atoms with E-state index in [1.165, 1.54) is 32.1 Å². The van der Waals surface area contributed by atoms with E-state index in [0.717, 1.165) is 5.92 Å². The van der Waals surface area contributed by atoms with Crippen molar-refractivity contribution in [2.24, 2.45) is 5.92 Å². The summed E-state index contributed by atoms with van der Waals surface area (Å²) in [5, 5.41) is 8.63. The second-order valence-electron chi connectivity index (χ2n) is 3.97. The summed E-state index contributed by atoms with van der Waals surface area (Å²) in [4.78, 5) is 0. The molecule has 15 heavy (non-hydrogen) atoms. The van der Waals surface area contributed by atoms with Crippen molar-refractivity contribution in [2.45, 2.75) is 32.1 Å². The van der Waals surface area contributed by atoms with Gasteiger partial charge < -0.3 is 5.11 Å². The van der Waals surface area contributed by atoms with Crippen molar-refractivity contribution in [3.05, 3.63) is 43.0 Å². The average molecular weight is 204 g/mol. The van der Waals surface area contributed by atoms with Crippen LogP contribution in [0, 0.1) is 5.92 Å². The van der Waals surface area contributed by atoms with Crippen molar-refractivity contribution < 1.29 is 5.11 Å². The largest absolute Gasteiger partial charge is 0.508 e.